The average molecular weight is 255 g/mol. The van der Waals surface area contributed by atoms with Gasteiger partial charge in [-0.2, -0.15) is 0 Å². The van der Waals surface area contributed by atoms with E-state index in [1.54, 1.807) is 0 Å². The van der Waals surface area contributed by atoms with Crippen molar-refractivity contribution < 1.29 is 4.74 Å². The fourth-order valence-electron chi connectivity index (χ4n) is 3.00. The van der Waals surface area contributed by atoms with Crippen molar-refractivity contribution in [2.24, 2.45) is 0 Å². The molecule has 2 atom stereocenters. The summed E-state index contributed by atoms with van der Waals surface area (Å²) in [4.78, 5) is 0. The maximum Gasteiger partial charge on any atom is 0.0769 e. The van der Waals surface area contributed by atoms with Gasteiger partial charge in [0.25, 0.3) is 0 Å². The number of hydrogen-bond donors (Lipinski definition) is 1. The van der Waals surface area contributed by atoms with Gasteiger partial charge in [-0.05, 0) is 48.7 Å². The van der Waals surface area contributed by atoms with E-state index in [0.29, 0.717) is 12.1 Å². The molecule has 100 valence electrons. The van der Waals surface area contributed by atoms with Crippen molar-refractivity contribution in [2.45, 2.75) is 31.4 Å². The molecule has 1 N–H and O–H groups in total. The first kappa shape index (κ1) is 12.6. The van der Waals surface area contributed by atoms with E-state index in [0.717, 1.165) is 13.0 Å². The predicted octanol–water partition coefficient (Wildman–Crippen LogP) is 3.67. The Bertz CT molecular complexity index is 546. The number of likely N-dealkylation sites (N-methyl/N-ethyl adjacent to an activating group) is 1. The van der Waals surface area contributed by atoms with Gasteiger partial charge in [-0.15, -0.1) is 0 Å². The Kier molecular flexibility index (Phi) is 3.81. The highest BCUT2D eigenvalue weighted by molar-refractivity contribution is 5.83. The zero-order chi connectivity index (χ0) is 13.1. The van der Waals surface area contributed by atoms with Crippen LogP contribution in [0.2, 0.25) is 0 Å². The molecule has 0 saturated carbocycles. The Morgan fingerprint density at radius 2 is 1.95 bits per heavy atom. The Hall–Kier alpha value is -1.38. The summed E-state index contributed by atoms with van der Waals surface area (Å²) in [5.74, 6) is 0. The topological polar surface area (TPSA) is 21.3 Å². The highest BCUT2D eigenvalue weighted by Gasteiger charge is 2.24. The van der Waals surface area contributed by atoms with Crippen LogP contribution in [-0.2, 0) is 4.74 Å². The third-order valence-corrected chi connectivity index (χ3v) is 4.03. The van der Waals surface area contributed by atoms with Crippen molar-refractivity contribution in [2.75, 3.05) is 13.7 Å². The van der Waals surface area contributed by atoms with Gasteiger partial charge < -0.3 is 10.1 Å². The number of benzene rings is 2. The minimum Gasteiger partial charge on any atom is -0.376 e. The van der Waals surface area contributed by atoms with E-state index in [2.05, 4.69) is 47.8 Å². The van der Waals surface area contributed by atoms with Gasteiger partial charge in [0.2, 0.25) is 0 Å². The van der Waals surface area contributed by atoms with Crippen LogP contribution < -0.4 is 5.32 Å². The number of hydrogen-bond acceptors (Lipinski definition) is 2. The minimum atomic E-state index is 0.296. The lowest BCUT2D eigenvalue weighted by molar-refractivity contribution is -0.00659. The summed E-state index contributed by atoms with van der Waals surface area (Å²) in [6.45, 7) is 0.899. The van der Waals surface area contributed by atoms with E-state index < -0.39 is 0 Å². The molecule has 0 spiro atoms. The second-order valence-electron chi connectivity index (χ2n) is 5.28. The summed E-state index contributed by atoms with van der Waals surface area (Å²) in [5, 5.41) is 6.03. The van der Waals surface area contributed by atoms with Crippen LogP contribution in [-0.4, -0.2) is 19.8 Å². The largest absolute Gasteiger partial charge is 0.376 e. The second kappa shape index (κ2) is 5.72. The highest BCUT2D eigenvalue weighted by Crippen LogP contribution is 2.28. The summed E-state index contributed by atoms with van der Waals surface area (Å²) in [6.07, 6.45) is 3.93. The minimum absolute atomic E-state index is 0.296. The lowest BCUT2D eigenvalue weighted by atomic mass is 9.94. The van der Waals surface area contributed by atoms with Crippen LogP contribution in [0.1, 0.15) is 30.9 Å². The molecule has 0 bridgehead atoms. The fourth-order valence-corrected chi connectivity index (χ4v) is 3.00. The lowest BCUT2D eigenvalue weighted by Gasteiger charge is -2.30. The zero-order valence-corrected chi connectivity index (χ0v) is 11.4. The summed E-state index contributed by atoms with van der Waals surface area (Å²) in [5.41, 5.74) is 1.33. The molecule has 0 radical (unpaired) electrons. The van der Waals surface area contributed by atoms with Crippen molar-refractivity contribution in [3.05, 3.63) is 48.0 Å². The van der Waals surface area contributed by atoms with Crippen LogP contribution in [0.15, 0.2) is 42.5 Å². The molecule has 1 aliphatic rings. The van der Waals surface area contributed by atoms with Gasteiger partial charge in [0.1, 0.15) is 0 Å². The molecule has 1 fully saturated rings. The second-order valence-corrected chi connectivity index (χ2v) is 5.28. The summed E-state index contributed by atoms with van der Waals surface area (Å²) in [6, 6.07) is 15.5. The standard InChI is InChI=1S/C17H21NO/c1-18-17(16-8-4-5-11-19-16)15-10-9-13-6-2-3-7-14(13)12-15/h2-3,6-7,9-10,12,16-18H,4-5,8,11H2,1H3. The average Bonchev–Trinajstić information content (AvgIpc) is 2.49. The maximum atomic E-state index is 5.93. The third kappa shape index (κ3) is 2.65. The normalized spacial score (nSPS) is 21.4. The Balaban J connectivity index is 1.91. The third-order valence-electron chi connectivity index (χ3n) is 4.03. The Morgan fingerprint density at radius 3 is 2.68 bits per heavy atom. The van der Waals surface area contributed by atoms with Crippen molar-refractivity contribution in [3.8, 4) is 0 Å². The molecule has 1 aliphatic heterocycles. The number of nitrogens with one attached hydrogen (secondary N) is 1. The molecule has 3 rings (SSSR count). The van der Waals surface area contributed by atoms with E-state index in [9.17, 15) is 0 Å². The predicted molar refractivity (Wildman–Crippen MR) is 79.3 cm³/mol. The molecule has 2 aromatic carbocycles. The van der Waals surface area contributed by atoms with Crippen LogP contribution in [0.3, 0.4) is 0 Å². The number of rotatable bonds is 3. The van der Waals surface area contributed by atoms with Crippen LogP contribution in [0.4, 0.5) is 0 Å². The number of ether oxygens (including phenoxy) is 1. The van der Waals surface area contributed by atoms with Crippen molar-refractivity contribution in [3.63, 3.8) is 0 Å². The van der Waals surface area contributed by atoms with Crippen LogP contribution in [0.25, 0.3) is 10.8 Å². The van der Waals surface area contributed by atoms with E-state index in [1.807, 2.05) is 7.05 Å². The van der Waals surface area contributed by atoms with Gasteiger partial charge in [0, 0.05) is 6.61 Å². The van der Waals surface area contributed by atoms with E-state index >= 15 is 0 Å². The van der Waals surface area contributed by atoms with Crippen LogP contribution in [0, 0.1) is 0 Å². The SMILES string of the molecule is CNC(c1ccc2ccccc2c1)C1CCCCO1. The van der Waals surface area contributed by atoms with Crippen molar-refractivity contribution in [1.82, 2.24) is 5.32 Å². The van der Waals surface area contributed by atoms with Gasteiger partial charge >= 0.3 is 0 Å². The van der Waals surface area contributed by atoms with Crippen molar-refractivity contribution >= 4 is 10.8 Å². The molecule has 2 unspecified atom stereocenters. The molecular formula is C17H21NO. The van der Waals surface area contributed by atoms with Gasteiger partial charge in [-0.1, -0.05) is 36.4 Å². The maximum absolute atomic E-state index is 5.93. The molecular weight excluding hydrogens is 234 g/mol. The number of fused-ring (bicyclic) bond motifs is 1. The summed E-state index contributed by atoms with van der Waals surface area (Å²) >= 11 is 0. The van der Waals surface area contributed by atoms with Gasteiger partial charge in [0.05, 0.1) is 12.1 Å². The van der Waals surface area contributed by atoms with Crippen LogP contribution in [0.5, 0.6) is 0 Å². The molecule has 1 saturated heterocycles. The van der Waals surface area contributed by atoms with Gasteiger partial charge in [0.15, 0.2) is 0 Å². The molecule has 2 heteroatoms. The van der Waals surface area contributed by atoms with E-state index in [4.69, 9.17) is 4.74 Å². The fraction of sp³-hybridized carbons (Fsp3) is 0.412. The molecule has 19 heavy (non-hydrogen) atoms. The molecule has 0 amide bonds. The van der Waals surface area contributed by atoms with Gasteiger partial charge in [-0.3, -0.25) is 0 Å². The quantitative estimate of drug-likeness (QED) is 0.903. The summed E-state index contributed by atoms with van der Waals surface area (Å²) < 4.78 is 5.93. The van der Waals surface area contributed by atoms with Gasteiger partial charge in [-0.25, -0.2) is 0 Å². The first-order chi connectivity index (χ1) is 9.38. The Morgan fingerprint density at radius 1 is 1.11 bits per heavy atom. The zero-order valence-electron chi connectivity index (χ0n) is 11.4. The molecule has 1 heterocycles. The smallest absolute Gasteiger partial charge is 0.0769 e. The summed E-state index contributed by atoms with van der Waals surface area (Å²) in [7, 11) is 2.03. The molecule has 2 nitrogen and oxygen atoms in total. The lowest BCUT2D eigenvalue weighted by Crippen LogP contribution is -2.34. The Labute approximate surface area is 114 Å². The first-order valence-electron chi connectivity index (χ1n) is 7.16. The van der Waals surface area contributed by atoms with Crippen molar-refractivity contribution in [1.29, 1.82) is 0 Å². The monoisotopic (exact) mass is 255 g/mol. The van der Waals surface area contributed by atoms with Crippen LogP contribution >= 0.6 is 0 Å². The highest BCUT2D eigenvalue weighted by atomic mass is 16.5. The molecule has 2 aromatic rings. The van der Waals surface area contributed by atoms with E-state index in [-0.39, 0.29) is 0 Å². The molecule has 0 aromatic heterocycles. The molecule has 0 aliphatic carbocycles. The van der Waals surface area contributed by atoms with E-state index in [1.165, 1.54) is 29.2 Å². The first-order valence-corrected chi connectivity index (χ1v) is 7.16.